The van der Waals surface area contributed by atoms with E-state index in [1.54, 1.807) is 47.1 Å². The predicted octanol–water partition coefficient (Wildman–Crippen LogP) is 3.32. The fourth-order valence-corrected chi connectivity index (χ4v) is 2.51. The molecule has 0 atom stereocenters. The minimum Gasteiger partial charge on any atom is -0.317 e. The molecule has 4 aromatic rings. The standard InChI is InChI=1S/C18H11F2N5O/c19-13-3-1-4-14(20)15(13)22-17(26)12-7-5-11(6-8-12)16-23-24-18-21-9-2-10-25(16)18/h1-10H,(H,22,26). The molecule has 128 valence electrons. The molecule has 8 heteroatoms. The monoisotopic (exact) mass is 351 g/mol. The van der Waals surface area contributed by atoms with Gasteiger partial charge in [-0.2, -0.15) is 0 Å². The first-order valence-electron chi connectivity index (χ1n) is 7.65. The molecule has 0 saturated heterocycles. The van der Waals surface area contributed by atoms with E-state index >= 15 is 0 Å². The lowest BCUT2D eigenvalue weighted by molar-refractivity contribution is 0.102. The predicted molar refractivity (Wildman–Crippen MR) is 90.5 cm³/mol. The number of rotatable bonds is 3. The Kier molecular flexibility index (Phi) is 3.85. The average Bonchev–Trinajstić information content (AvgIpc) is 3.09. The van der Waals surface area contributed by atoms with Gasteiger partial charge in [-0.3, -0.25) is 9.20 Å². The molecule has 0 aliphatic heterocycles. The highest BCUT2D eigenvalue weighted by atomic mass is 19.1. The molecule has 2 aromatic heterocycles. The summed E-state index contributed by atoms with van der Waals surface area (Å²) in [7, 11) is 0. The minimum atomic E-state index is -0.836. The number of fused-ring (bicyclic) bond motifs is 1. The van der Waals surface area contributed by atoms with Crippen LogP contribution in [0, 0.1) is 11.6 Å². The van der Waals surface area contributed by atoms with Crippen LogP contribution in [0.1, 0.15) is 10.4 Å². The van der Waals surface area contributed by atoms with E-state index in [0.29, 0.717) is 11.6 Å². The van der Waals surface area contributed by atoms with Crippen molar-refractivity contribution in [1.82, 2.24) is 19.6 Å². The summed E-state index contributed by atoms with van der Waals surface area (Å²) in [5.74, 6) is -1.26. The Hall–Kier alpha value is -3.68. The minimum absolute atomic E-state index is 0.253. The van der Waals surface area contributed by atoms with Gasteiger partial charge in [0, 0.05) is 23.5 Å². The highest BCUT2D eigenvalue weighted by Crippen LogP contribution is 2.21. The van der Waals surface area contributed by atoms with Gasteiger partial charge in [0.05, 0.1) is 0 Å². The molecule has 0 unspecified atom stereocenters. The summed E-state index contributed by atoms with van der Waals surface area (Å²) in [6.45, 7) is 0. The lowest BCUT2D eigenvalue weighted by Gasteiger charge is -2.08. The number of hydrogen-bond donors (Lipinski definition) is 1. The van der Waals surface area contributed by atoms with Gasteiger partial charge in [0.2, 0.25) is 0 Å². The van der Waals surface area contributed by atoms with E-state index in [2.05, 4.69) is 20.5 Å². The van der Waals surface area contributed by atoms with E-state index in [1.807, 2.05) is 0 Å². The molecule has 6 nitrogen and oxygen atoms in total. The van der Waals surface area contributed by atoms with Gasteiger partial charge in [-0.25, -0.2) is 13.8 Å². The Balaban J connectivity index is 1.61. The van der Waals surface area contributed by atoms with Gasteiger partial charge in [0.1, 0.15) is 17.3 Å². The first-order valence-corrected chi connectivity index (χ1v) is 7.65. The van der Waals surface area contributed by atoms with Crippen LogP contribution in [0.3, 0.4) is 0 Å². The largest absolute Gasteiger partial charge is 0.317 e. The van der Waals surface area contributed by atoms with Crippen molar-refractivity contribution in [3.8, 4) is 11.4 Å². The smallest absolute Gasteiger partial charge is 0.255 e. The van der Waals surface area contributed by atoms with Crippen molar-refractivity contribution in [3.05, 3.63) is 78.1 Å². The quantitative estimate of drug-likeness (QED) is 0.615. The molecule has 4 rings (SSSR count). The Morgan fingerprint density at radius 1 is 0.962 bits per heavy atom. The number of amides is 1. The molecular weight excluding hydrogens is 340 g/mol. The summed E-state index contributed by atoms with van der Waals surface area (Å²) in [6.07, 6.45) is 3.39. The molecule has 2 heterocycles. The molecule has 0 radical (unpaired) electrons. The van der Waals surface area contributed by atoms with Crippen LogP contribution >= 0.6 is 0 Å². The van der Waals surface area contributed by atoms with Gasteiger partial charge >= 0.3 is 0 Å². The van der Waals surface area contributed by atoms with Crippen LogP contribution in [-0.2, 0) is 0 Å². The molecule has 0 fully saturated rings. The Morgan fingerprint density at radius 2 is 1.69 bits per heavy atom. The van der Waals surface area contributed by atoms with Crippen LogP contribution in [0.2, 0.25) is 0 Å². The van der Waals surface area contributed by atoms with Gasteiger partial charge < -0.3 is 5.32 Å². The number of halogens is 2. The highest BCUT2D eigenvalue weighted by Gasteiger charge is 2.14. The van der Waals surface area contributed by atoms with E-state index < -0.39 is 23.2 Å². The molecule has 0 spiro atoms. The number of anilines is 1. The van der Waals surface area contributed by atoms with Crippen molar-refractivity contribution in [3.63, 3.8) is 0 Å². The van der Waals surface area contributed by atoms with E-state index in [9.17, 15) is 13.6 Å². The zero-order valence-corrected chi connectivity index (χ0v) is 13.2. The third-order valence-electron chi connectivity index (χ3n) is 3.80. The second kappa shape index (κ2) is 6.32. The third-order valence-corrected chi connectivity index (χ3v) is 3.80. The second-order valence-electron chi connectivity index (χ2n) is 5.44. The average molecular weight is 351 g/mol. The fourth-order valence-electron chi connectivity index (χ4n) is 2.51. The van der Waals surface area contributed by atoms with Crippen LogP contribution in [0.15, 0.2) is 60.9 Å². The lowest BCUT2D eigenvalue weighted by Crippen LogP contribution is -2.14. The molecule has 1 N–H and O–H groups in total. The maximum Gasteiger partial charge on any atom is 0.255 e. The van der Waals surface area contributed by atoms with E-state index in [0.717, 1.165) is 17.7 Å². The van der Waals surface area contributed by atoms with Crippen LogP contribution in [0.5, 0.6) is 0 Å². The van der Waals surface area contributed by atoms with Crippen molar-refractivity contribution in [2.45, 2.75) is 0 Å². The van der Waals surface area contributed by atoms with E-state index in [4.69, 9.17) is 0 Å². The summed E-state index contributed by atoms with van der Waals surface area (Å²) < 4.78 is 29.0. The van der Waals surface area contributed by atoms with Gasteiger partial charge in [0.25, 0.3) is 11.7 Å². The van der Waals surface area contributed by atoms with Crippen molar-refractivity contribution in [1.29, 1.82) is 0 Å². The van der Waals surface area contributed by atoms with Crippen LogP contribution < -0.4 is 5.32 Å². The third kappa shape index (κ3) is 2.77. The Bertz CT molecular complexity index is 1090. The zero-order valence-electron chi connectivity index (χ0n) is 13.2. The van der Waals surface area contributed by atoms with Crippen LogP contribution in [0.4, 0.5) is 14.5 Å². The molecule has 0 saturated carbocycles. The summed E-state index contributed by atoms with van der Waals surface area (Å²) in [4.78, 5) is 16.3. The topological polar surface area (TPSA) is 72.2 Å². The molecular formula is C18H11F2N5O. The van der Waals surface area contributed by atoms with E-state index in [-0.39, 0.29) is 5.56 Å². The first-order chi connectivity index (χ1) is 12.6. The molecule has 2 aromatic carbocycles. The SMILES string of the molecule is O=C(Nc1c(F)cccc1F)c1ccc(-c2nnc3ncccn23)cc1. The molecule has 0 aliphatic carbocycles. The number of para-hydroxylation sites is 1. The molecule has 26 heavy (non-hydrogen) atoms. The summed E-state index contributed by atoms with van der Waals surface area (Å²) in [5.41, 5.74) is 0.499. The number of carbonyl (C=O) groups is 1. The Morgan fingerprint density at radius 3 is 2.42 bits per heavy atom. The van der Waals surface area contributed by atoms with Crippen molar-refractivity contribution in [2.75, 3.05) is 5.32 Å². The first kappa shape index (κ1) is 15.8. The number of nitrogens with one attached hydrogen (secondary N) is 1. The summed E-state index contributed by atoms with van der Waals surface area (Å²) in [5, 5.41) is 10.3. The number of benzene rings is 2. The van der Waals surface area contributed by atoms with Gasteiger partial charge in [-0.15, -0.1) is 10.2 Å². The second-order valence-corrected chi connectivity index (χ2v) is 5.44. The van der Waals surface area contributed by atoms with E-state index in [1.165, 1.54) is 6.07 Å². The molecule has 0 bridgehead atoms. The maximum atomic E-state index is 13.6. The van der Waals surface area contributed by atoms with Gasteiger partial charge in [-0.05, 0) is 30.3 Å². The van der Waals surface area contributed by atoms with Crippen molar-refractivity contribution in [2.24, 2.45) is 0 Å². The van der Waals surface area contributed by atoms with Crippen LogP contribution in [-0.4, -0.2) is 25.5 Å². The Labute approximate surface area is 146 Å². The normalized spacial score (nSPS) is 10.8. The molecule has 1 amide bonds. The van der Waals surface area contributed by atoms with Crippen molar-refractivity contribution < 1.29 is 13.6 Å². The number of carbonyl (C=O) groups excluding carboxylic acids is 1. The zero-order chi connectivity index (χ0) is 18.1. The molecule has 0 aliphatic rings. The summed E-state index contributed by atoms with van der Waals surface area (Å²) in [6, 6.07) is 11.6. The fraction of sp³-hybridized carbons (Fsp3) is 0. The number of hydrogen-bond acceptors (Lipinski definition) is 4. The van der Waals surface area contributed by atoms with Crippen LogP contribution in [0.25, 0.3) is 17.2 Å². The van der Waals surface area contributed by atoms with Gasteiger partial charge in [-0.1, -0.05) is 18.2 Å². The van der Waals surface area contributed by atoms with Crippen molar-refractivity contribution >= 4 is 17.4 Å². The highest BCUT2D eigenvalue weighted by molar-refractivity contribution is 6.04. The summed E-state index contributed by atoms with van der Waals surface area (Å²) >= 11 is 0. The number of nitrogens with zero attached hydrogens (tertiary/aromatic N) is 4. The maximum absolute atomic E-state index is 13.6. The number of aromatic nitrogens is 4. The van der Waals surface area contributed by atoms with Gasteiger partial charge in [0.15, 0.2) is 5.82 Å². The lowest BCUT2D eigenvalue weighted by atomic mass is 10.1.